The van der Waals surface area contributed by atoms with Gasteiger partial charge in [-0.3, -0.25) is 9.67 Å². The van der Waals surface area contributed by atoms with E-state index in [0.29, 0.717) is 36.0 Å². The first-order chi connectivity index (χ1) is 13.1. The molecule has 1 aliphatic carbocycles. The van der Waals surface area contributed by atoms with Gasteiger partial charge in [0.1, 0.15) is 17.4 Å². The Labute approximate surface area is 157 Å². The van der Waals surface area contributed by atoms with Gasteiger partial charge in [0.25, 0.3) is 0 Å². The van der Waals surface area contributed by atoms with Crippen LogP contribution in [0.2, 0.25) is 0 Å². The average molecular weight is 366 g/mol. The van der Waals surface area contributed by atoms with Crippen LogP contribution in [-0.4, -0.2) is 38.4 Å². The zero-order valence-electron chi connectivity index (χ0n) is 15.6. The fourth-order valence-electron chi connectivity index (χ4n) is 3.11. The zero-order valence-corrected chi connectivity index (χ0v) is 15.6. The van der Waals surface area contributed by atoms with Gasteiger partial charge in [0.2, 0.25) is 5.88 Å². The summed E-state index contributed by atoms with van der Waals surface area (Å²) in [6.07, 6.45) is 6.24. The van der Waals surface area contributed by atoms with Gasteiger partial charge < -0.3 is 15.2 Å². The van der Waals surface area contributed by atoms with Crippen LogP contribution in [-0.2, 0) is 7.05 Å². The minimum Gasteiger partial charge on any atom is -0.495 e. The van der Waals surface area contributed by atoms with E-state index in [9.17, 15) is 0 Å². The van der Waals surface area contributed by atoms with Crippen molar-refractivity contribution in [3.8, 4) is 22.8 Å². The molecule has 0 aliphatic heterocycles. The molecule has 3 heterocycles. The summed E-state index contributed by atoms with van der Waals surface area (Å²) >= 11 is 0. The molecule has 1 fully saturated rings. The van der Waals surface area contributed by atoms with Gasteiger partial charge in [-0.2, -0.15) is 10.1 Å². The third-order valence-electron chi connectivity index (χ3n) is 4.88. The number of ether oxygens (including phenoxy) is 2. The van der Waals surface area contributed by atoms with Crippen molar-refractivity contribution in [3.05, 3.63) is 42.2 Å². The molecular formula is C19H22N6O2. The predicted octanol–water partition coefficient (Wildman–Crippen LogP) is 2.35. The highest BCUT2D eigenvalue weighted by Crippen LogP contribution is 2.47. The van der Waals surface area contributed by atoms with E-state index in [-0.39, 0.29) is 0 Å². The van der Waals surface area contributed by atoms with E-state index in [2.05, 4.69) is 20.1 Å². The molecule has 1 saturated carbocycles. The summed E-state index contributed by atoms with van der Waals surface area (Å²) in [7, 11) is 3.44. The average Bonchev–Trinajstić information content (AvgIpc) is 3.39. The van der Waals surface area contributed by atoms with E-state index >= 15 is 0 Å². The summed E-state index contributed by atoms with van der Waals surface area (Å²) in [4.78, 5) is 13.2. The molecule has 1 aliphatic rings. The van der Waals surface area contributed by atoms with Crippen LogP contribution in [0.3, 0.4) is 0 Å². The highest BCUT2D eigenvalue weighted by atomic mass is 16.5. The Bertz CT molecular complexity index is 953. The molecule has 2 atom stereocenters. The summed E-state index contributed by atoms with van der Waals surface area (Å²) in [6, 6.07) is 3.95. The quantitative estimate of drug-likeness (QED) is 0.714. The lowest BCUT2D eigenvalue weighted by molar-refractivity contribution is 0.285. The molecule has 8 nitrogen and oxygen atoms in total. The molecule has 27 heavy (non-hydrogen) atoms. The second kappa shape index (κ2) is 6.86. The van der Waals surface area contributed by atoms with E-state index in [1.807, 2.05) is 19.1 Å². The van der Waals surface area contributed by atoms with Gasteiger partial charge in [-0.25, -0.2) is 4.98 Å². The van der Waals surface area contributed by atoms with Crippen LogP contribution >= 0.6 is 0 Å². The first-order valence-electron chi connectivity index (χ1n) is 8.81. The van der Waals surface area contributed by atoms with E-state index < -0.39 is 0 Å². The zero-order chi connectivity index (χ0) is 19.0. The number of nitrogen functional groups attached to an aromatic ring is 1. The smallest absolute Gasteiger partial charge is 0.224 e. The van der Waals surface area contributed by atoms with Crippen LogP contribution in [0, 0.1) is 12.8 Å². The number of pyridine rings is 1. The van der Waals surface area contributed by atoms with Gasteiger partial charge in [-0.05, 0) is 25.5 Å². The van der Waals surface area contributed by atoms with Gasteiger partial charge >= 0.3 is 0 Å². The molecule has 0 radical (unpaired) electrons. The molecule has 8 heteroatoms. The normalized spacial score (nSPS) is 18.3. The third-order valence-corrected chi connectivity index (χ3v) is 4.88. The second-order valence-electron chi connectivity index (χ2n) is 6.74. The number of aryl methyl sites for hydroxylation is 2. The lowest BCUT2D eigenvalue weighted by atomic mass is 10.1. The summed E-state index contributed by atoms with van der Waals surface area (Å²) in [5.41, 5.74) is 8.70. The second-order valence-corrected chi connectivity index (χ2v) is 6.74. The number of anilines is 1. The number of nitrogens with two attached hydrogens (primary N) is 1. The molecule has 0 amide bonds. The number of hydrogen-bond acceptors (Lipinski definition) is 7. The van der Waals surface area contributed by atoms with E-state index in [0.717, 1.165) is 29.0 Å². The Morgan fingerprint density at radius 1 is 1.19 bits per heavy atom. The van der Waals surface area contributed by atoms with Crippen LogP contribution in [0.15, 0.2) is 30.7 Å². The van der Waals surface area contributed by atoms with Crippen molar-refractivity contribution in [2.24, 2.45) is 13.0 Å². The fraction of sp³-hybridized carbons (Fsp3) is 0.368. The van der Waals surface area contributed by atoms with Crippen molar-refractivity contribution in [3.63, 3.8) is 0 Å². The summed E-state index contributed by atoms with van der Waals surface area (Å²) < 4.78 is 12.8. The van der Waals surface area contributed by atoms with Crippen LogP contribution < -0.4 is 15.2 Å². The molecule has 0 saturated heterocycles. The molecule has 0 bridgehead atoms. The summed E-state index contributed by atoms with van der Waals surface area (Å²) in [5.74, 6) is 3.34. The number of hydrogen-bond donors (Lipinski definition) is 1. The van der Waals surface area contributed by atoms with Crippen LogP contribution in [0.4, 0.5) is 5.82 Å². The Hall–Kier alpha value is -3.16. The highest BCUT2D eigenvalue weighted by Gasteiger charge is 2.40. The standard InChI is InChI=1S/C19H22N6O2/c1-11-21-8-16(15-9-23-25(2)18(15)20)19(24-11)27-10-12-6-14(12)17-5-4-13(26-3)7-22-17/h4-5,7-9,12,14H,6,10,20H2,1-3H3/t12-,14+/m1/s1. The number of nitrogens with zero attached hydrogens (tertiary/aromatic N) is 5. The highest BCUT2D eigenvalue weighted by molar-refractivity contribution is 5.76. The number of methoxy groups -OCH3 is 1. The molecule has 0 spiro atoms. The number of rotatable bonds is 6. The molecular weight excluding hydrogens is 344 g/mol. The van der Waals surface area contributed by atoms with Gasteiger partial charge in [0, 0.05) is 30.8 Å². The predicted molar refractivity (Wildman–Crippen MR) is 101 cm³/mol. The Balaban J connectivity index is 1.47. The SMILES string of the molecule is COc1ccc([C@H]2C[C@@H]2COc2nc(C)ncc2-c2cnn(C)c2N)nc1. The van der Waals surface area contributed by atoms with Gasteiger partial charge in [0.05, 0.1) is 37.2 Å². The van der Waals surface area contributed by atoms with Crippen LogP contribution in [0.1, 0.15) is 23.9 Å². The molecule has 0 unspecified atom stereocenters. The van der Waals surface area contributed by atoms with Crippen molar-refractivity contribution in [2.45, 2.75) is 19.3 Å². The molecule has 3 aromatic heterocycles. The van der Waals surface area contributed by atoms with Gasteiger partial charge in [0.15, 0.2) is 0 Å². The fourth-order valence-corrected chi connectivity index (χ4v) is 3.11. The Kier molecular flexibility index (Phi) is 4.39. The third kappa shape index (κ3) is 3.42. The van der Waals surface area contributed by atoms with E-state index in [4.69, 9.17) is 15.2 Å². The molecule has 2 N–H and O–H groups in total. The van der Waals surface area contributed by atoms with Crippen LogP contribution in [0.5, 0.6) is 11.6 Å². The van der Waals surface area contributed by atoms with Crippen molar-refractivity contribution in [1.82, 2.24) is 24.7 Å². The van der Waals surface area contributed by atoms with Crippen molar-refractivity contribution >= 4 is 5.82 Å². The maximum atomic E-state index is 6.10. The van der Waals surface area contributed by atoms with Crippen molar-refractivity contribution < 1.29 is 9.47 Å². The topological polar surface area (TPSA) is 101 Å². The Morgan fingerprint density at radius 3 is 2.70 bits per heavy atom. The van der Waals surface area contributed by atoms with E-state index in [1.54, 1.807) is 37.4 Å². The lowest BCUT2D eigenvalue weighted by Gasteiger charge is -2.10. The molecule has 4 rings (SSSR count). The number of aromatic nitrogens is 5. The maximum Gasteiger partial charge on any atom is 0.224 e. The minimum atomic E-state index is 0.408. The minimum absolute atomic E-state index is 0.408. The van der Waals surface area contributed by atoms with Gasteiger partial charge in [-0.15, -0.1) is 0 Å². The summed E-state index contributed by atoms with van der Waals surface area (Å²) in [6.45, 7) is 2.41. The molecule has 3 aromatic rings. The van der Waals surface area contributed by atoms with Crippen molar-refractivity contribution in [2.75, 3.05) is 19.5 Å². The first kappa shape index (κ1) is 17.3. The van der Waals surface area contributed by atoms with Crippen LogP contribution in [0.25, 0.3) is 11.1 Å². The first-order valence-corrected chi connectivity index (χ1v) is 8.81. The van der Waals surface area contributed by atoms with E-state index in [1.165, 1.54) is 0 Å². The monoisotopic (exact) mass is 366 g/mol. The largest absolute Gasteiger partial charge is 0.495 e. The molecule has 0 aromatic carbocycles. The van der Waals surface area contributed by atoms with Crippen molar-refractivity contribution in [1.29, 1.82) is 0 Å². The lowest BCUT2D eigenvalue weighted by Crippen LogP contribution is -2.06. The Morgan fingerprint density at radius 2 is 2.04 bits per heavy atom. The molecule has 140 valence electrons. The van der Waals surface area contributed by atoms with Gasteiger partial charge in [-0.1, -0.05) is 0 Å². The summed E-state index contributed by atoms with van der Waals surface area (Å²) in [5, 5.41) is 4.19. The maximum absolute atomic E-state index is 6.10.